The highest BCUT2D eigenvalue weighted by molar-refractivity contribution is 6.04. The van der Waals surface area contributed by atoms with Crippen molar-refractivity contribution < 1.29 is 18.0 Å². The molecular formula is C22H21F3N6O. The van der Waals surface area contributed by atoms with Gasteiger partial charge in [-0.05, 0) is 42.5 Å². The van der Waals surface area contributed by atoms with Crippen molar-refractivity contribution in [1.82, 2.24) is 19.7 Å². The molecule has 32 heavy (non-hydrogen) atoms. The molecule has 0 radical (unpaired) electrons. The number of aryl methyl sites for hydroxylation is 2. The van der Waals surface area contributed by atoms with Gasteiger partial charge in [-0.3, -0.25) is 9.48 Å². The first-order valence-corrected chi connectivity index (χ1v) is 10.5. The zero-order valence-electron chi connectivity index (χ0n) is 17.4. The maximum atomic E-state index is 13.4. The summed E-state index contributed by atoms with van der Waals surface area (Å²) in [4.78, 5) is 25.4. The number of aromatic nitrogens is 4. The summed E-state index contributed by atoms with van der Waals surface area (Å²) in [5, 5.41) is 4.22. The molecule has 2 aliphatic heterocycles. The molecule has 2 aliphatic rings. The number of benzene rings is 1. The number of carbonyl (C=O) groups is 1. The Labute approximate surface area is 182 Å². The summed E-state index contributed by atoms with van der Waals surface area (Å²) in [6, 6.07) is 1.79. The van der Waals surface area contributed by atoms with Crippen LogP contribution in [-0.2, 0) is 24.2 Å². The van der Waals surface area contributed by atoms with E-state index >= 15 is 0 Å². The Morgan fingerprint density at radius 3 is 2.66 bits per heavy atom. The van der Waals surface area contributed by atoms with Crippen LogP contribution >= 0.6 is 0 Å². The molecule has 10 heteroatoms. The zero-order valence-corrected chi connectivity index (χ0v) is 17.4. The third-order valence-corrected chi connectivity index (χ3v) is 6.01. The minimum atomic E-state index is -1.48. The molecule has 0 bridgehead atoms. The van der Waals surface area contributed by atoms with E-state index in [1.54, 1.807) is 35.2 Å². The quantitative estimate of drug-likeness (QED) is 0.569. The van der Waals surface area contributed by atoms with Gasteiger partial charge in [0.15, 0.2) is 23.3 Å². The number of fused-ring (bicyclic) bond motifs is 3. The Bertz CT molecular complexity index is 1170. The number of hydrogen-bond donors (Lipinski definition) is 0. The lowest BCUT2D eigenvalue weighted by Crippen LogP contribution is -2.49. The second kappa shape index (κ2) is 7.92. The molecule has 1 amide bonds. The molecular weight excluding hydrogens is 421 g/mol. The van der Waals surface area contributed by atoms with Crippen molar-refractivity contribution in [3.05, 3.63) is 65.1 Å². The first-order valence-electron chi connectivity index (χ1n) is 10.5. The molecule has 4 heterocycles. The molecule has 0 spiro atoms. The van der Waals surface area contributed by atoms with E-state index < -0.39 is 17.5 Å². The second-order valence-corrected chi connectivity index (χ2v) is 8.16. The van der Waals surface area contributed by atoms with Crippen LogP contribution in [0.4, 0.5) is 24.7 Å². The van der Waals surface area contributed by atoms with Crippen molar-refractivity contribution in [2.75, 3.05) is 23.4 Å². The van der Waals surface area contributed by atoms with Gasteiger partial charge in [-0.15, -0.1) is 0 Å². The summed E-state index contributed by atoms with van der Waals surface area (Å²) >= 11 is 0. The number of hydrogen-bond acceptors (Lipinski definition) is 5. The van der Waals surface area contributed by atoms with Gasteiger partial charge in [-0.1, -0.05) is 0 Å². The van der Waals surface area contributed by atoms with Crippen LogP contribution in [0.25, 0.3) is 0 Å². The fourth-order valence-electron chi connectivity index (χ4n) is 4.35. The number of nitrogens with zero attached hydrogens (tertiary/aromatic N) is 6. The zero-order chi connectivity index (χ0) is 22.4. The lowest BCUT2D eigenvalue weighted by molar-refractivity contribution is -0.119. The third-order valence-electron chi connectivity index (χ3n) is 6.01. The van der Waals surface area contributed by atoms with E-state index in [2.05, 4.69) is 15.0 Å². The summed E-state index contributed by atoms with van der Waals surface area (Å²) in [6.07, 6.45) is 8.16. The van der Waals surface area contributed by atoms with Crippen molar-refractivity contribution in [1.29, 1.82) is 0 Å². The Hall–Kier alpha value is -3.43. The molecule has 1 saturated heterocycles. The monoisotopic (exact) mass is 442 g/mol. The van der Waals surface area contributed by atoms with Crippen molar-refractivity contribution in [2.24, 2.45) is 0 Å². The van der Waals surface area contributed by atoms with E-state index in [-0.39, 0.29) is 24.1 Å². The summed E-state index contributed by atoms with van der Waals surface area (Å²) in [7, 11) is 1.76. The molecule has 1 fully saturated rings. The van der Waals surface area contributed by atoms with Crippen LogP contribution in [-0.4, -0.2) is 45.3 Å². The van der Waals surface area contributed by atoms with Crippen LogP contribution < -0.4 is 9.80 Å². The SMILES string of the molecule is CN1C(=O)[C@@H]2CCCN2c2nc(CCc3cnn(Cc4cc(F)c(F)c(F)c4)c3)ncc21. The normalized spacial score (nSPS) is 17.6. The van der Waals surface area contributed by atoms with E-state index in [0.717, 1.165) is 48.6 Å². The van der Waals surface area contributed by atoms with E-state index in [4.69, 9.17) is 4.98 Å². The predicted octanol–water partition coefficient (Wildman–Crippen LogP) is 2.87. The minimum absolute atomic E-state index is 0.0830. The van der Waals surface area contributed by atoms with Gasteiger partial charge in [0.2, 0.25) is 5.91 Å². The molecule has 0 N–H and O–H groups in total. The molecule has 2 aromatic heterocycles. The Kier molecular flexibility index (Phi) is 5.07. The third kappa shape index (κ3) is 3.59. The highest BCUT2D eigenvalue weighted by Gasteiger charge is 2.40. The summed E-state index contributed by atoms with van der Waals surface area (Å²) in [6.45, 7) is 0.936. The highest BCUT2D eigenvalue weighted by atomic mass is 19.2. The van der Waals surface area contributed by atoms with Crippen molar-refractivity contribution in [3.8, 4) is 0 Å². The number of anilines is 2. The van der Waals surface area contributed by atoms with Crippen molar-refractivity contribution >= 4 is 17.4 Å². The predicted molar refractivity (Wildman–Crippen MR) is 111 cm³/mol. The molecule has 1 aromatic carbocycles. The average Bonchev–Trinajstić information content (AvgIpc) is 3.44. The number of likely N-dealkylation sites (N-methyl/N-ethyl adjacent to an activating group) is 1. The molecule has 1 atom stereocenters. The lowest BCUT2D eigenvalue weighted by Gasteiger charge is -2.36. The summed E-state index contributed by atoms with van der Waals surface area (Å²) in [5.41, 5.74) is 1.93. The van der Waals surface area contributed by atoms with E-state index in [1.807, 2.05) is 0 Å². The lowest BCUT2D eigenvalue weighted by atomic mass is 10.1. The minimum Gasteiger partial charge on any atom is -0.343 e. The van der Waals surface area contributed by atoms with Crippen LogP contribution in [0.15, 0.2) is 30.7 Å². The van der Waals surface area contributed by atoms with Gasteiger partial charge in [0.05, 0.1) is 18.9 Å². The standard InChI is InChI=1S/C22H21F3N6O/c1-29-18-10-26-19(28-21(18)31-6-2-3-17(31)22(29)32)5-4-13-9-27-30(11-13)12-14-7-15(23)20(25)16(24)8-14/h7-11,17H,2-6,12H2,1H3/t17-/m0/s1. The van der Waals surface area contributed by atoms with Crippen LogP contribution in [0.5, 0.6) is 0 Å². The van der Waals surface area contributed by atoms with Gasteiger partial charge < -0.3 is 9.80 Å². The van der Waals surface area contributed by atoms with Gasteiger partial charge in [0.1, 0.15) is 17.6 Å². The fraction of sp³-hybridized carbons (Fsp3) is 0.364. The van der Waals surface area contributed by atoms with Gasteiger partial charge in [0, 0.05) is 26.2 Å². The Morgan fingerprint density at radius 2 is 1.88 bits per heavy atom. The Balaban J connectivity index is 1.28. The highest BCUT2D eigenvalue weighted by Crippen LogP contribution is 2.37. The number of rotatable bonds is 5. The fourth-order valence-corrected chi connectivity index (χ4v) is 4.35. The first kappa shape index (κ1) is 20.5. The Morgan fingerprint density at radius 1 is 1.09 bits per heavy atom. The van der Waals surface area contributed by atoms with Gasteiger partial charge in [0.25, 0.3) is 0 Å². The van der Waals surface area contributed by atoms with Gasteiger partial charge >= 0.3 is 0 Å². The van der Waals surface area contributed by atoms with Crippen molar-refractivity contribution in [2.45, 2.75) is 38.3 Å². The molecule has 5 rings (SSSR count). The van der Waals surface area contributed by atoms with Crippen LogP contribution in [0.1, 0.15) is 29.8 Å². The summed E-state index contributed by atoms with van der Waals surface area (Å²) < 4.78 is 41.5. The molecule has 0 unspecified atom stereocenters. The van der Waals surface area contributed by atoms with Gasteiger partial charge in [-0.25, -0.2) is 23.1 Å². The smallest absolute Gasteiger partial charge is 0.249 e. The molecule has 0 aliphatic carbocycles. The van der Waals surface area contributed by atoms with Crippen LogP contribution in [0, 0.1) is 17.5 Å². The van der Waals surface area contributed by atoms with Gasteiger partial charge in [-0.2, -0.15) is 5.10 Å². The number of carbonyl (C=O) groups excluding carboxylic acids is 1. The van der Waals surface area contributed by atoms with E-state index in [1.165, 1.54) is 0 Å². The molecule has 0 saturated carbocycles. The molecule has 7 nitrogen and oxygen atoms in total. The number of halogens is 3. The maximum absolute atomic E-state index is 13.4. The van der Waals surface area contributed by atoms with E-state index in [0.29, 0.717) is 18.7 Å². The van der Waals surface area contributed by atoms with E-state index in [9.17, 15) is 18.0 Å². The molecule has 3 aromatic rings. The molecule has 166 valence electrons. The number of amides is 1. The average molecular weight is 442 g/mol. The largest absolute Gasteiger partial charge is 0.343 e. The second-order valence-electron chi connectivity index (χ2n) is 8.16. The topological polar surface area (TPSA) is 67.2 Å². The summed E-state index contributed by atoms with van der Waals surface area (Å²) in [5.74, 6) is -2.35. The van der Waals surface area contributed by atoms with Crippen LogP contribution in [0.3, 0.4) is 0 Å². The maximum Gasteiger partial charge on any atom is 0.249 e. The van der Waals surface area contributed by atoms with Crippen LogP contribution in [0.2, 0.25) is 0 Å². The van der Waals surface area contributed by atoms with Crippen molar-refractivity contribution in [3.63, 3.8) is 0 Å². The first-order chi connectivity index (χ1) is 15.4.